The van der Waals surface area contributed by atoms with Gasteiger partial charge in [0.1, 0.15) is 17.3 Å². The summed E-state index contributed by atoms with van der Waals surface area (Å²) < 4.78 is 18.5. The third kappa shape index (κ3) is 4.73. The molecule has 0 aliphatic carbocycles. The van der Waals surface area contributed by atoms with Crippen LogP contribution in [0.3, 0.4) is 0 Å². The van der Waals surface area contributed by atoms with Crippen molar-refractivity contribution in [3.05, 3.63) is 59.5 Å². The highest BCUT2D eigenvalue weighted by Gasteiger charge is 2.06. The van der Waals surface area contributed by atoms with Crippen molar-refractivity contribution in [3.63, 3.8) is 0 Å². The number of ether oxygens (including phenoxy) is 1. The maximum Gasteiger partial charge on any atom is 0.191 e. The van der Waals surface area contributed by atoms with Crippen LogP contribution in [0.1, 0.15) is 18.1 Å². The molecule has 4 N–H and O–H groups in total. The number of phenols is 1. The van der Waals surface area contributed by atoms with Crippen molar-refractivity contribution < 1.29 is 14.2 Å². The molecule has 0 aliphatic rings. The molecule has 3 rings (SSSR count). The number of rotatable bonds is 7. The number of hydrogen-bond acceptors (Lipinski definition) is 3. The van der Waals surface area contributed by atoms with Gasteiger partial charge in [-0.2, -0.15) is 0 Å². The van der Waals surface area contributed by atoms with E-state index in [9.17, 15) is 9.50 Å². The fourth-order valence-corrected chi connectivity index (χ4v) is 3.00. The van der Waals surface area contributed by atoms with Gasteiger partial charge in [-0.05, 0) is 55.3 Å². The molecule has 2 aromatic carbocycles. The van der Waals surface area contributed by atoms with Crippen LogP contribution in [0.5, 0.6) is 11.5 Å². The van der Waals surface area contributed by atoms with Gasteiger partial charge in [-0.15, -0.1) is 0 Å². The van der Waals surface area contributed by atoms with Crippen molar-refractivity contribution in [1.82, 2.24) is 15.6 Å². The number of hydrogen-bond donors (Lipinski definition) is 4. The number of nitrogens with zero attached hydrogens (tertiary/aromatic N) is 1. The molecule has 148 valence electrons. The molecule has 0 radical (unpaired) electrons. The number of phenolic OH excluding ortho intramolecular Hbond substituents is 1. The molecule has 0 unspecified atom stereocenters. The number of nitrogens with one attached hydrogen (secondary N) is 3. The molecule has 0 amide bonds. The van der Waals surface area contributed by atoms with Gasteiger partial charge in [-0.25, -0.2) is 9.38 Å². The highest BCUT2D eigenvalue weighted by atomic mass is 19.1. The van der Waals surface area contributed by atoms with Gasteiger partial charge in [-0.1, -0.05) is 0 Å². The number of halogens is 1. The summed E-state index contributed by atoms with van der Waals surface area (Å²) >= 11 is 0. The minimum atomic E-state index is -0.249. The minimum Gasteiger partial charge on any atom is -0.508 e. The highest BCUT2D eigenvalue weighted by Crippen LogP contribution is 2.23. The van der Waals surface area contributed by atoms with Gasteiger partial charge in [0.25, 0.3) is 0 Å². The first kappa shape index (κ1) is 19.5. The smallest absolute Gasteiger partial charge is 0.191 e. The van der Waals surface area contributed by atoms with Crippen LogP contribution in [0.15, 0.2) is 47.6 Å². The van der Waals surface area contributed by atoms with Crippen molar-refractivity contribution in [2.75, 3.05) is 20.2 Å². The first-order valence-corrected chi connectivity index (χ1v) is 9.24. The Morgan fingerprint density at radius 1 is 1.18 bits per heavy atom. The van der Waals surface area contributed by atoms with Crippen molar-refractivity contribution in [1.29, 1.82) is 0 Å². The van der Waals surface area contributed by atoms with Gasteiger partial charge in [-0.3, -0.25) is 0 Å². The summed E-state index contributed by atoms with van der Waals surface area (Å²) in [7, 11) is 1.59. The van der Waals surface area contributed by atoms with Crippen LogP contribution in [0.25, 0.3) is 10.9 Å². The maximum atomic E-state index is 13.3. The number of methoxy groups -OCH3 is 1. The topological polar surface area (TPSA) is 81.7 Å². The highest BCUT2D eigenvalue weighted by molar-refractivity contribution is 5.83. The van der Waals surface area contributed by atoms with Gasteiger partial charge >= 0.3 is 0 Å². The van der Waals surface area contributed by atoms with Crippen LogP contribution < -0.4 is 15.4 Å². The molecule has 0 fully saturated rings. The summed E-state index contributed by atoms with van der Waals surface area (Å²) in [5.74, 6) is 1.28. The lowest BCUT2D eigenvalue weighted by Crippen LogP contribution is -2.38. The van der Waals surface area contributed by atoms with E-state index in [2.05, 4.69) is 20.6 Å². The number of guanidine groups is 1. The second kappa shape index (κ2) is 9.12. The molecule has 0 saturated heterocycles. The number of H-pyrrole nitrogens is 1. The quantitative estimate of drug-likeness (QED) is 0.372. The predicted molar refractivity (Wildman–Crippen MR) is 109 cm³/mol. The zero-order valence-corrected chi connectivity index (χ0v) is 16.1. The van der Waals surface area contributed by atoms with E-state index in [1.807, 2.05) is 13.1 Å². The number of aromatic nitrogens is 1. The van der Waals surface area contributed by atoms with E-state index >= 15 is 0 Å². The molecule has 0 bridgehead atoms. The summed E-state index contributed by atoms with van der Waals surface area (Å²) in [4.78, 5) is 7.64. The molecule has 28 heavy (non-hydrogen) atoms. The monoisotopic (exact) mass is 384 g/mol. The van der Waals surface area contributed by atoms with Gasteiger partial charge < -0.3 is 25.5 Å². The molecular weight excluding hydrogens is 359 g/mol. The third-order valence-electron chi connectivity index (χ3n) is 4.45. The Kier molecular flexibility index (Phi) is 6.37. The van der Waals surface area contributed by atoms with Crippen molar-refractivity contribution >= 4 is 16.9 Å². The lowest BCUT2D eigenvalue weighted by Gasteiger charge is -2.12. The second-order valence-electron chi connectivity index (χ2n) is 6.37. The fraction of sp³-hybridized carbons (Fsp3) is 0.286. The summed E-state index contributed by atoms with van der Waals surface area (Å²) in [6.45, 7) is 3.71. The van der Waals surface area contributed by atoms with E-state index < -0.39 is 0 Å². The average molecular weight is 384 g/mol. The number of fused-ring (bicyclic) bond motifs is 1. The average Bonchev–Trinajstić information content (AvgIpc) is 3.09. The van der Waals surface area contributed by atoms with Crippen molar-refractivity contribution in [3.8, 4) is 11.5 Å². The lowest BCUT2D eigenvalue weighted by atomic mass is 10.1. The summed E-state index contributed by atoms with van der Waals surface area (Å²) in [5, 5.41) is 17.5. The zero-order valence-electron chi connectivity index (χ0n) is 16.1. The van der Waals surface area contributed by atoms with E-state index in [-0.39, 0.29) is 11.6 Å². The Hall–Kier alpha value is -3.22. The molecule has 0 saturated carbocycles. The molecule has 0 aliphatic heterocycles. The summed E-state index contributed by atoms with van der Waals surface area (Å²) in [6, 6.07) is 9.84. The Morgan fingerprint density at radius 2 is 2.04 bits per heavy atom. The van der Waals surface area contributed by atoms with E-state index in [1.54, 1.807) is 31.4 Å². The SMILES string of the molecule is CCNC(=NCc1cc(OC)ccc1O)NCCc1c[nH]c2cc(F)ccc12. The van der Waals surface area contributed by atoms with E-state index in [0.717, 1.165) is 29.4 Å². The van der Waals surface area contributed by atoms with Crippen LogP contribution in [-0.2, 0) is 13.0 Å². The van der Waals surface area contributed by atoms with Gasteiger partial charge in [0.2, 0.25) is 0 Å². The largest absolute Gasteiger partial charge is 0.508 e. The number of aromatic amines is 1. The first-order valence-electron chi connectivity index (χ1n) is 9.24. The fourth-order valence-electron chi connectivity index (χ4n) is 3.00. The van der Waals surface area contributed by atoms with Crippen molar-refractivity contribution in [2.45, 2.75) is 19.9 Å². The minimum absolute atomic E-state index is 0.187. The zero-order chi connectivity index (χ0) is 19.9. The summed E-state index contributed by atoms with van der Waals surface area (Å²) in [6.07, 6.45) is 2.67. The van der Waals surface area contributed by atoms with Gasteiger partial charge in [0.15, 0.2) is 5.96 Å². The van der Waals surface area contributed by atoms with Gasteiger partial charge in [0.05, 0.1) is 13.7 Å². The van der Waals surface area contributed by atoms with Crippen LogP contribution in [-0.4, -0.2) is 36.2 Å². The molecule has 1 heterocycles. The maximum absolute atomic E-state index is 13.3. The van der Waals surface area contributed by atoms with Crippen LogP contribution in [0.4, 0.5) is 4.39 Å². The third-order valence-corrected chi connectivity index (χ3v) is 4.45. The molecule has 7 heteroatoms. The van der Waals surface area contributed by atoms with Crippen LogP contribution >= 0.6 is 0 Å². The van der Waals surface area contributed by atoms with Gasteiger partial charge in [0, 0.05) is 35.8 Å². The van der Waals surface area contributed by atoms with E-state index in [1.165, 1.54) is 12.1 Å². The van der Waals surface area contributed by atoms with Crippen LogP contribution in [0, 0.1) is 5.82 Å². The Labute approximate surface area is 163 Å². The Bertz CT molecular complexity index is 968. The number of aliphatic imine (C=N–C) groups is 1. The number of aromatic hydroxyl groups is 1. The van der Waals surface area contributed by atoms with Crippen LogP contribution in [0.2, 0.25) is 0 Å². The second-order valence-corrected chi connectivity index (χ2v) is 6.37. The number of benzene rings is 2. The standard InChI is InChI=1S/C21H25FN4O2/c1-3-23-21(26-13-15-10-17(28-2)5-7-20(15)27)24-9-8-14-12-25-19-11-16(22)4-6-18(14)19/h4-7,10-12,25,27H,3,8-9,13H2,1-2H3,(H2,23,24,26). The first-order chi connectivity index (χ1) is 13.6. The molecule has 1 aromatic heterocycles. The molecule has 6 nitrogen and oxygen atoms in total. The normalized spacial score (nSPS) is 11.6. The molecular formula is C21H25FN4O2. The molecule has 0 atom stereocenters. The van der Waals surface area contributed by atoms with E-state index in [0.29, 0.717) is 30.4 Å². The summed E-state index contributed by atoms with van der Waals surface area (Å²) in [5.41, 5.74) is 2.60. The van der Waals surface area contributed by atoms with Crippen molar-refractivity contribution in [2.24, 2.45) is 4.99 Å². The lowest BCUT2D eigenvalue weighted by molar-refractivity contribution is 0.411. The predicted octanol–water partition coefficient (Wildman–Crippen LogP) is 3.32. The Balaban J connectivity index is 1.63. The Morgan fingerprint density at radius 3 is 2.82 bits per heavy atom. The molecule has 0 spiro atoms. The molecule has 3 aromatic rings. The van der Waals surface area contributed by atoms with E-state index in [4.69, 9.17) is 4.74 Å².